The number of Topliss-reactive ketones (excluding diaryl/α,β-unsaturated/α-hetero) is 1. The Morgan fingerprint density at radius 2 is 1.32 bits per heavy atom. The van der Waals surface area contributed by atoms with Crippen LogP contribution in [0.5, 0.6) is 0 Å². The average molecular weight is 498 g/mol. The Morgan fingerprint density at radius 1 is 0.784 bits per heavy atom. The van der Waals surface area contributed by atoms with Crippen LogP contribution in [0.15, 0.2) is 78.9 Å². The fourth-order valence-electron chi connectivity index (χ4n) is 4.42. The van der Waals surface area contributed by atoms with E-state index in [9.17, 15) is 19.2 Å². The number of rotatable bonds is 9. The molecule has 1 atom stereocenters. The largest absolute Gasteiger partial charge is 0.459 e. The Kier molecular flexibility index (Phi) is 7.67. The molecule has 0 saturated heterocycles. The number of hydrogen-bond acceptors (Lipinski definition) is 5. The van der Waals surface area contributed by atoms with Crippen LogP contribution >= 0.6 is 0 Å². The highest BCUT2D eigenvalue weighted by molar-refractivity contribution is 6.21. The van der Waals surface area contributed by atoms with Crippen LogP contribution in [0.3, 0.4) is 0 Å². The first-order valence-corrected chi connectivity index (χ1v) is 12.5. The number of imide groups is 1. The number of carbonyl (C=O) groups is 4. The van der Waals surface area contributed by atoms with Gasteiger partial charge < -0.3 is 4.74 Å². The van der Waals surface area contributed by atoms with Crippen molar-refractivity contribution in [3.05, 3.63) is 95.6 Å². The van der Waals surface area contributed by atoms with E-state index in [-0.39, 0.29) is 25.2 Å². The Labute approximate surface area is 217 Å². The smallest absolute Gasteiger partial charge is 0.317 e. The second-order valence-corrected chi connectivity index (χ2v) is 10.2. The lowest BCUT2D eigenvalue weighted by Crippen LogP contribution is -2.37. The predicted molar refractivity (Wildman–Crippen MR) is 141 cm³/mol. The molecule has 0 fully saturated rings. The van der Waals surface area contributed by atoms with E-state index in [2.05, 4.69) is 0 Å². The van der Waals surface area contributed by atoms with E-state index in [1.165, 1.54) is 0 Å². The molecule has 0 N–H and O–H groups in total. The number of amides is 2. The summed E-state index contributed by atoms with van der Waals surface area (Å²) in [6, 6.07) is 24.6. The number of esters is 1. The van der Waals surface area contributed by atoms with Crippen LogP contribution in [0.25, 0.3) is 11.1 Å². The molecule has 6 heteroatoms. The summed E-state index contributed by atoms with van der Waals surface area (Å²) in [5, 5.41) is 0. The molecule has 0 spiro atoms. The van der Waals surface area contributed by atoms with E-state index in [0.29, 0.717) is 17.5 Å². The molecule has 0 aliphatic carbocycles. The van der Waals surface area contributed by atoms with Crippen molar-refractivity contribution in [1.29, 1.82) is 0 Å². The zero-order chi connectivity index (χ0) is 26.6. The van der Waals surface area contributed by atoms with Crippen LogP contribution in [-0.4, -0.2) is 40.6 Å². The summed E-state index contributed by atoms with van der Waals surface area (Å²) in [5.41, 5.74) is 3.10. The molecule has 1 heterocycles. The second-order valence-electron chi connectivity index (χ2n) is 10.2. The quantitative estimate of drug-likeness (QED) is 0.222. The summed E-state index contributed by atoms with van der Waals surface area (Å²) in [6.45, 7) is 5.19. The first kappa shape index (κ1) is 26.0. The van der Waals surface area contributed by atoms with Crippen molar-refractivity contribution in [2.75, 3.05) is 6.54 Å². The maximum atomic E-state index is 13.2. The molecule has 1 aliphatic rings. The van der Waals surface area contributed by atoms with Gasteiger partial charge >= 0.3 is 5.97 Å². The van der Waals surface area contributed by atoms with Gasteiger partial charge in [0.25, 0.3) is 11.8 Å². The SMILES string of the molecule is CC(C)(C)OC(=O)C(CCN1C(=O)c2ccccc2C1=O)C(=O)CCc1ccc(-c2ccccc2)cc1. The molecule has 1 unspecified atom stereocenters. The lowest BCUT2D eigenvalue weighted by atomic mass is 9.94. The van der Waals surface area contributed by atoms with Crippen LogP contribution in [0.1, 0.15) is 59.9 Å². The minimum Gasteiger partial charge on any atom is -0.459 e. The van der Waals surface area contributed by atoms with Gasteiger partial charge in [0.05, 0.1) is 11.1 Å². The molecule has 3 aromatic carbocycles. The zero-order valence-electron chi connectivity index (χ0n) is 21.4. The standard InChI is InChI=1S/C31H31NO5/c1-31(2,3)37-30(36)26(19-20-32-28(34)24-11-7-8-12-25(24)29(32)35)27(33)18-15-21-13-16-23(17-14-21)22-9-5-4-6-10-22/h4-14,16-17,26H,15,18-20H2,1-3H3. The van der Waals surface area contributed by atoms with Crippen molar-refractivity contribution in [1.82, 2.24) is 4.90 Å². The van der Waals surface area contributed by atoms with E-state index >= 15 is 0 Å². The minimum atomic E-state index is -1.06. The van der Waals surface area contributed by atoms with Gasteiger partial charge in [0.2, 0.25) is 0 Å². The lowest BCUT2D eigenvalue weighted by Gasteiger charge is -2.24. The molecule has 0 bridgehead atoms. The maximum Gasteiger partial charge on any atom is 0.317 e. The average Bonchev–Trinajstić information content (AvgIpc) is 3.12. The van der Waals surface area contributed by atoms with Crippen molar-refractivity contribution in [3.8, 4) is 11.1 Å². The first-order chi connectivity index (χ1) is 17.6. The molecular weight excluding hydrogens is 466 g/mol. The van der Waals surface area contributed by atoms with Gasteiger partial charge in [-0.15, -0.1) is 0 Å². The van der Waals surface area contributed by atoms with Crippen LogP contribution in [-0.2, 0) is 20.7 Å². The van der Waals surface area contributed by atoms with Crippen LogP contribution < -0.4 is 0 Å². The van der Waals surface area contributed by atoms with Crippen molar-refractivity contribution in [2.24, 2.45) is 5.92 Å². The molecule has 0 radical (unpaired) electrons. The summed E-state index contributed by atoms with van der Waals surface area (Å²) in [6.07, 6.45) is 0.642. The van der Waals surface area contributed by atoms with Crippen molar-refractivity contribution < 1.29 is 23.9 Å². The van der Waals surface area contributed by atoms with Crippen LogP contribution in [0.2, 0.25) is 0 Å². The topological polar surface area (TPSA) is 80.8 Å². The van der Waals surface area contributed by atoms with E-state index in [1.807, 2.05) is 54.6 Å². The number of fused-ring (bicyclic) bond motifs is 1. The molecule has 190 valence electrons. The van der Waals surface area contributed by atoms with Crippen molar-refractivity contribution >= 4 is 23.6 Å². The Balaban J connectivity index is 1.42. The second kappa shape index (κ2) is 10.9. The van der Waals surface area contributed by atoms with E-state index in [4.69, 9.17) is 4.74 Å². The highest BCUT2D eigenvalue weighted by Gasteiger charge is 2.37. The number of ether oxygens (including phenoxy) is 1. The van der Waals surface area contributed by atoms with Crippen LogP contribution in [0.4, 0.5) is 0 Å². The summed E-state index contributed by atoms with van der Waals surface area (Å²) >= 11 is 0. The van der Waals surface area contributed by atoms with Gasteiger partial charge in [0.15, 0.2) is 0 Å². The van der Waals surface area contributed by atoms with E-state index < -0.39 is 29.3 Å². The summed E-state index contributed by atoms with van der Waals surface area (Å²) in [7, 11) is 0. The van der Waals surface area contributed by atoms with Gasteiger partial charge in [0.1, 0.15) is 17.3 Å². The number of carbonyl (C=O) groups excluding carboxylic acids is 4. The Hall–Kier alpha value is -4.06. The van der Waals surface area contributed by atoms with E-state index in [0.717, 1.165) is 21.6 Å². The third kappa shape index (κ3) is 6.20. The Bertz CT molecular complexity index is 1270. The van der Waals surface area contributed by atoms with Gasteiger partial charge in [-0.05, 0) is 62.4 Å². The highest BCUT2D eigenvalue weighted by Crippen LogP contribution is 2.25. The van der Waals surface area contributed by atoms with Gasteiger partial charge in [-0.3, -0.25) is 24.1 Å². The number of ketones is 1. The number of benzene rings is 3. The molecule has 37 heavy (non-hydrogen) atoms. The summed E-state index contributed by atoms with van der Waals surface area (Å²) in [5.74, 6) is -2.78. The number of hydrogen-bond donors (Lipinski definition) is 0. The maximum absolute atomic E-state index is 13.2. The molecule has 2 amide bonds. The molecule has 4 rings (SSSR count). The third-order valence-corrected chi connectivity index (χ3v) is 6.32. The Morgan fingerprint density at radius 3 is 1.89 bits per heavy atom. The molecule has 6 nitrogen and oxygen atoms in total. The molecule has 1 aliphatic heterocycles. The zero-order valence-corrected chi connectivity index (χ0v) is 21.4. The van der Waals surface area contributed by atoms with Gasteiger partial charge in [-0.25, -0.2) is 0 Å². The van der Waals surface area contributed by atoms with E-state index in [1.54, 1.807) is 45.0 Å². The summed E-state index contributed by atoms with van der Waals surface area (Å²) < 4.78 is 5.52. The fraction of sp³-hybridized carbons (Fsp3) is 0.290. The highest BCUT2D eigenvalue weighted by atomic mass is 16.6. The first-order valence-electron chi connectivity index (χ1n) is 12.5. The number of aryl methyl sites for hydroxylation is 1. The lowest BCUT2D eigenvalue weighted by molar-refractivity contribution is -0.162. The number of nitrogens with zero attached hydrogens (tertiary/aromatic N) is 1. The van der Waals surface area contributed by atoms with Crippen molar-refractivity contribution in [2.45, 2.75) is 45.6 Å². The molecule has 0 saturated carbocycles. The van der Waals surface area contributed by atoms with Crippen molar-refractivity contribution in [3.63, 3.8) is 0 Å². The predicted octanol–water partition coefficient (Wildman–Crippen LogP) is 5.50. The third-order valence-electron chi connectivity index (χ3n) is 6.32. The monoisotopic (exact) mass is 497 g/mol. The summed E-state index contributed by atoms with van der Waals surface area (Å²) in [4.78, 5) is 52.8. The van der Waals surface area contributed by atoms with Gasteiger partial charge in [0, 0.05) is 13.0 Å². The van der Waals surface area contributed by atoms with Gasteiger partial charge in [-0.2, -0.15) is 0 Å². The molecule has 0 aromatic heterocycles. The normalized spacial score (nSPS) is 13.9. The molecule has 3 aromatic rings. The van der Waals surface area contributed by atoms with Crippen LogP contribution in [0, 0.1) is 5.92 Å². The fourth-order valence-corrected chi connectivity index (χ4v) is 4.42. The van der Waals surface area contributed by atoms with Gasteiger partial charge in [-0.1, -0.05) is 66.7 Å². The molecular formula is C31H31NO5. The minimum absolute atomic E-state index is 0.0200.